The molecule has 1 aromatic rings. The van der Waals surface area contributed by atoms with Crippen LogP contribution in [0.15, 0.2) is 24.3 Å². The highest BCUT2D eigenvalue weighted by Crippen LogP contribution is 2.30. The number of imide groups is 1. The third kappa shape index (κ3) is 6.68. The number of hydrogen-bond acceptors (Lipinski definition) is 12. The number of rotatable bonds is 9. The molecular formula is C24H27NO12. The van der Waals surface area contributed by atoms with Gasteiger partial charge in [-0.05, 0) is 12.1 Å². The number of hydrogen-bond donors (Lipinski definition) is 0. The van der Waals surface area contributed by atoms with Crippen molar-refractivity contribution in [3.63, 3.8) is 0 Å². The van der Waals surface area contributed by atoms with Crippen molar-refractivity contribution in [3.8, 4) is 0 Å². The number of carbonyl (C=O) groups excluding carboxylic acids is 6. The van der Waals surface area contributed by atoms with Gasteiger partial charge in [0.1, 0.15) is 12.7 Å². The molecule has 2 aliphatic rings. The predicted octanol–water partition coefficient (Wildman–Crippen LogP) is 0.382. The van der Waals surface area contributed by atoms with Crippen LogP contribution in [0.25, 0.3) is 0 Å². The van der Waals surface area contributed by atoms with Crippen LogP contribution in [0.4, 0.5) is 0 Å². The van der Waals surface area contributed by atoms with E-state index in [0.717, 1.165) is 32.6 Å². The number of amides is 2. The first kappa shape index (κ1) is 27.7. The summed E-state index contributed by atoms with van der Waals surface area (Å²) < 4.78 is 32.5. The summed E-state index contributed by atoms with van der Waals surface area (Å²) in [5.41, 5.74) is 0.527. The summed E-state index contributed by atoms with van der Waals surface area (Å²) in [7, 11) is 0. The van der Waals surface area contributed by atoms with Gasteiger partial charge < -0.3 is 28.4 Å². The smallest absolute Gasteiger partial charge is 0.303 e. The minimum atomic E-state index is -1.41. The largest absolute Gasteiger partial charge is 0.463 e. The molecule has 200 valence electrons. The Hall–Kier alpha value is -3.84. The summed E-state index contributed by atoms with van der Waals surface area (Å²) in [4.78, 5) is 73.1. The molecule has 13 heteroatoms. The lowest BCUT2D eigenvalue weighted by Gasteiger charge is -2.44. The molecule has 5 atom stereocenters. The van der Waals surface area contributed by atoms with E-state index in [1.165, 1.54) is 12.1 Å². The van der Waals surface area contributed by atoms with Crippen LogP contribution in [0.1, 0.15) is 48.4 Å². The van der Waals surface area contributed by atoms with Gasteiger partial charge in [0.25, 0.3) is 11.8 Å². The minimum absolute atomic E-state index is 0.167. The van der Waals surface area contributed by atoms with Crippen LogP contribution in [0.2, 0.25) is 0 Å². The number of esters is 4. The van der Waals surface area contributed by atoms with Crippen LogP contribution < -0.4 is 0 Å². The van der Waals surface area contributed by atoms with Gasteiger partial charge in [0, 0.05) is 27.7 Å². The molecule has 3 rings (SSSR count). The van der Waals surface area contributed by atoms with Gasteiger partial charge in [0.15, 0.2) is 24.6 Å². The van der Waals surface area contributed by atoms with E-state index in [2.05, 4.69) is 0 Å². The van der Waals surface area contributed by atoms with Gasteiger partial charge >= 0.3 is 23.9 Å². The molecule has 37 heavy (non-hydrogen) atoms. The normalized spacial score (nSPS) is 24.8. The van der Waals surface area contributed by atoms with Crippen molar-refractivity contribution in [1.29, 1.82) is 0 Å². The summed E-state index contributed by atoms with van der Waals surface area (Å²) in [6.07, 6.45) is -6.68. The van der Waals surface area contributed by atoms with Crippen LogP contribution in [-0.2, 0) is 47.6 Å². The molecule has 0 spiro atoms. The molecule has 2 amide bonds. The van der Waals surface area contributed by atoms with Crippen molar-refractivity contribution in [2.75, 3.05) is 19.8 Å². The van der Waals surface area contributed by atoms with E-state index in [1.54, 1.807) is 12.1 Å². The summed E-state index contributed by atoms with van der Waals surface area (Å²) in [6.45, 7) is 3.65. The molecule has 5 unspecified atom stereocenters. The first-order chi connectivity index (χ1) is 17.5. The molecule has 2 heterocycles. The zero-order valence-electron chi connectivity index (χ0n) is 20.7. The van der Waals surface area contributed by atoms with E-state index in [9.17, 15) is 28.8 Å². The first-order valence-electron chi connectivity index (χ1n) is 11.4. The van der Waals surface area contributed by atoms with Crippen molar-refractivity contribution in [2.24, 2.45) is 0 Å². The fraction of sp³-hybridized carbons (Fsp3) is 0.500. The van der Waals surface area contributed by atoms with Crippen molar-refractivity contribution in [2.45, 2.75) is 58.4 Å². The van der Waals surface area contributed by atoms with Gasteiger partial charge in [-0.25, -0.2) is 0 Å². The molecule has 0 aromatic heterocycles. The molecule has 0 radical (unpaired) electrons. The highest BCUT2D eigenvalue weighted by Gasteiger charge is 2.52. The Morgan fingerprint density at radius 2 is 1.30 bits per heavy atom. The maximum Gasteiger partial charge on any atom is 0.303 e. The lowest BCUT2D eigenvalue weighted by atomic mass is 9.98. The zero-order valence-corrected chi connectivity index (χ0v) is 20.7. The van der Waals surface area contributed by atoms with E-state index < -0.39 is 73.0 Å². The summed E-state index contributed by atoms with van der Waals surface area (Å²) in [5.74, 6) is -3.96. The molecule has 0 bridgehead atoms. The highest BCUT2D eigenvalue weighted by molar-refractivity contribution is 6.21. The van der Waals surface area contributed by atoms with Gasteiger partial charge in [-0.1, -0.05) is 12.1 Å². The summed E-state index contributed by atoms with van der Waals surface area (Å²) in [5, 5.41) is 0. The van der Waals surface area contributed by atoms with Gasteiger partial charge in [0.2, 0.25) is 0 Å². The van der Waals surface area contributed by atoms with E-state index in [-0.39, 0.29) is 24.3 Å². The number of benzene rings is 1. The molecule has 1 fully saturated rings. The maximum atomic E-state index is 12.6. The Morgan fingerprint density at radius 3 is 1.81 bits per heavy atom. The van der Waals surface area contributed by atoms with Crippen LogP contribution in [0, 0.1) is 0 Å². The fourth-order valence-corrected chi connectivity index (χ4v) is 4.03. The lowest BCUT2D eigenvalue weighted by molar-refractivity contribution is -0.308. The summed E-state index contributed by atoms with van der Waals surface area (Å²) in [6, 6.07) is 6.36. The second-order valence-electron chi connectivity index (χ2n) is 8.25. The Morgan fingerprint density at radius 1 is 0.784 bits per heavy atom. The molecule has 13 nitrogen and oxygen atoms in total. The van der Waals surface area contributed by atoms with Gasteiger partial charge in [0.05, 0.1) is 24.3 Å². The van der Waals surface area contributed by atoms with Crippen molar-refractivity contribution in [3.05, 3.63) is 35.4 Å². The van der Waals surface area contributed by atoms with Crippen LogP contribution in [0.3, 0.4) is 0 Å². The molecule has 0 aliphatic carbocycles. The van der Waals surface area contributed by atoms with Gasteiger partial charge in [-0.3, -0.25) is 33.7 Å². The molecule has 0 N–H and O–H groups in total. The maximum absolute atomic E-state index is 12.6. The summed E-state index contributed by atoms with van der Waals surface area (Å²) >= 11 is 0. The topological polar surface area (TPSA) is 161 Å². The van der Waals surface area contributed by atoms with Crippen LogP contribution in [-0.4, -0.2) is 91.1 Å². The van der Waals surface area contributed by atoms with Gasteiger partial charge in [-0.2, -0.15) is 0 Å². The zero-order chi connectivity index (χ0) is 27.3. The fourth-order valence-electron chi connectivity index (χ4n) is 4.03. The molecule has 1 aromatic carbocycles. The van der Waals surface area contributed by atoms with E-state index in [1.807, 2.05) is 0 Å². The number of fused-ring (bicyclic) bond motifs is 1. The van der Waals surface area contributed by atoms with E-state index in [4.69, 9.17) is 28.4 Å². The van der Waals surface area contributed by atoms with E-state index in [0.29, 0.717) is 0 Å². The predicted molar refractivity (Wildman–Crippen MR) is 120 cm³/mol. The van der Waals surface area contributed by atoms with Crippen LogP contribution >= 0.6 is 0 Å². The molecule has 0 saturated carbocycles. The first-order valence-corrected chi connectivity index (χ1v) is 11.4. The number of nitrogens with zero attached hydrogens (tertiary/aromatic N) is 1. The van der Waals surface area contributed by atoms with Crippen molar-refractivity contribution < 1.29 is 57.2 Å². The standard InChI is InChI=1S/C24H27NO12/c1-12(26)33-11-18-19(34-13(2)27)20(35-14(3)28)21(36-15(4)29)24(37-18)32-10-9-25-22(30)16-7-5-6-8-17(16)23(25)31/h5-8,18-21,24H,9-11H2,1-4H3. The Balaban J connectivity index is 1.81. The minimum Gasteiger partial charge on any atom is -0.463 e. The van der Waals surface area contributed by atoms with Crippen molar-refractivity contribution >= 4 is 35.7 Å². The Labute approximate surface area is 211 Å². The molecular weight excluding hydrogens is 494 g/mol. The Bertz CT molecular complexity index is 1050. The average Bonchev–Trinajstić information content (AvgIpc) is 3.05. The monoisotopic (exact) mass is 521 g/mol. The Kier molecular flexibility index (Phi) is 8.95. The van der Waals surface area contributed by atoms with E-state index >= 15 is 0 Å². The third-order valence-corrected chi connectivity index (χ3v) is 5.42. The second-order valence-corrected chi connectivity index (χ2v) is 8.25. The van der Waals surface area contributed by atoms with Crippen LogP contribution in [0.5, 0.6) is 0 Å². The number of ether oxygens (including phenoxy) is 6. The van der Waals surface area contributed by atoms with Crippen molar-refractivity contribution in [1.82, 2.24) is 4.90 Å². The van der Waals surface area contributed by atoms with Gasteiger partial charge in [-0.15, -0.1) is 0 Å². The quantitative estimate of drug-likeness (QED) is 0.250. The third-order valence-electron chi connectivity index (χ3n) is 5.42. The second kappa shape index (κ2) is 11.9. The molecule has 2 aliphatic heterocycles. The SMILES string of the molecule is CC(=O)OCC1OC(OCCN2C(=O)c3ccccc3C2=O)C(OC(C)=O)C(OC(C)=O)C1OC(C)=O. The lowest BCUT2D eigenvalue weighted by Crippen LogP contribution is -2.63. The average molecular weight is 521 g/mol. The number of carbonyl (C=O) groups is 6. The highest BCUT2D eigenvalue weighted by atomic mass is 16.7. The molecule has 1 saturated heterocycles.